The lowest BCUT2D eigenvalue weighted by Crippen LogP contribution is -2.23. The predicted molar refractivity (Wildman–Crippen MR) is 75.3 cm³/mol. The zero-order chi connectivity index (χ0) is 12.8. The first-order valence-corrected chi connectivity index (χ1v) is 6.92. The van der Waals surface area contributed by atoms with Crippen molar-refractivity contribution in [2.75, 3.05) is 11.1 Å². The van der Waals surface area contributed by atoms with Crippen molar-refractivity contribution in [1.82, 2.24) is 0 Å². The van der Waals surface area contributed by atoms with E-state index in [4.69, 9.17) is 5.73 Å². The second-order valence-corrected chi connectivity index (χ2v) is 5.15. The summed E-state index contributed by atoms with van der Waals surface area (Å²) >= 11 is 0. The van der Waals surface area contributed by atoms with Gasteiger partial charge in [0, 0.05) is 17.3 Å². The second kappa shape index (κ2) is 6.43. The molecular formula is C15H22N2O. The number of benzene rings is 1. The number of carbonyl (C=O) groups is 1. The molecular weight excluding hydrogens is 224 g/mol. The topological polar surface area (TPSA) is 55.1 Å². The first-order valence-electron chi connectivity index (χ1n) is 6.92. The fourth-order valence-electron chi connectivity index (χ4n) is 2.53. The lowest BCUT2D eigenvalue weighted by Gasteiger charge is -2.19. The summed E-state index contributed by atoms with van der Waals surface area (Å²) in [5, 5.41) is 2.99. The number of hydrogen-bond acceptors (Lipinski definition) is 2. The molecule has 0 bridgehead atoms. The SMILES string of the molecule is Nc1ccc(NC(=O)C2CCCCCCC2)cc1. The van der Waals surface area contributed by atoms with Crippen molar-refractivity contribution >= 4 is 17.3 Å². The van der Waals surface area contributed by atoms with E-state index in [2.05, 4.69) is 5.32 Å². The molecule has 3 heteroatoms. The lowest BCUT2D eigenvalue weighted by atomic mass is 9.90. The predicted octanol–water partition coefficient (Wildman–Crippen LogP) is 3.57. The number of rotatable bonds is 2. The summed E-state index contributed by atoms with van der Waals surface area (Å²) in [5.74, 6) is 0.351. The standard InChI is InChI=1S/C15H22N2O/c16-13-8-10-14(11-9-13)17-15(18)12-6-4-2-1-3-5-7-12/h8-12H,1-7,16H2,(H,17,18). The molecule has 1 aromatic rings. The molecule has 1 fully saturated rings. The monoisotopic (exact) mass is 246 g/mol. The Morgan fingerprint density at radius 2 is 1.56 bits per heavy atom. The molecule has 3 N–H and O–H groups in total. The van der Waals surface area contributed by atoms with E-state index in [1.807, 2.05) is 24.3 Å². The molecule has 0 heterocycles. The fraction of sp³-hybridized carbons (Fsp3) is 0.533. The van der Waals surface area contributed by atoms with Gasteiger partial charge in [-0.1, -0.05) is 32.1 Å². The van der Waals surface area contributed by atoms with Crippen LogP contribution in [0.3, 0.4) is 0 Å². The van der Waals surface area contributed by atoms with Crippen LogP contribution in [0.15, 0.2) is 24.3 Å². The Labute approximate surface area is 109 Å². The van der Waals surface area contributed by atoms with Crippen LogP contribution in [0.25, 0.3) is 0 Å². The highest BCUT2D eigenvalue weighted by atomic mass is 16.1. The number of nitrogens with one attached hydrogen (secondary N) is 1. The van der Waals surface area contributed by atoms with Gasteiger partial charge in [-0.2, -0.15) is 0 Å². The Morgan fingerprint density at radius 3 is 2.17 bits per heavy atom. The van der Waals surface area contributed by atoms with Crippen LogP contribution in [-0.4, -0.2) is 5.91 Å². The van der Waals surface area contributed by atoms with E-state index in [1.54, 1.807) is 0 Å². The van der Waals surface area contributed by atoms with Crippen LogP contribution in [0.2, 0.25) is 0 Å². The van der Waals surface area contributed by atoms with Gasteiger partial charge >= 0.3 is 0 Å². The van der Waals surface area contributed by atoms with Gasteiger partial charge < -0.3 is 11.1 Å². The molecule has 1 aliphatic rings. The van der Waals surface area contributed by atoms with Crippen LogP contribution >= 0.6 is 0 Å². The quantitative estimate of drug-likeness (QED) is 0.784. The largest absolute Gasteiger partial charge is 0.399 e. The summed E-state index contributed by atoms with van der Waals surface area (Å²) in [6.07, 6.45) is 8.28. The van der Waals surface area contributed by atoms with Crippen molar-refractivity contribution in [3.8, 4) is 0 Å². The van der Waals surface area contributed by atoms with E-state index >= 15 is 0 Å². The highest BCUT2D eigenvalue weighted by molar-refractivity contribution is 5.92. The Balaban J connectivity index is 1.91. The van der Waals surface area contributed by atoms with E-state index in [1.165, 1.54) is 32.1 Å². The van der Waals surface area contributed by atoms with E-state index < -0.39 is 0 Å². The fourth-order valence-corrected chi connectivity index (χ4v) is 2.53. The van der Waals surface area contributed by atoms with Crippen LogP contribution < -0.4 is 11.1 Å². The molecule has 0 aliphatic heterocycles. The number of carbonyl (C=O) groups excluding carboxylic acids is 1. The van der Waals surface area contributed by atoms with Gasteiger partial charge in [0.1, 0.15) is 0 Å². The van der Waals surface area contributed by atoms with Crippen LogP contribution in [-0.2, 0) is 4.79 Å². The Hall–Kier alpha value is -1.51. The van der Waals surface area contributed by atoms with Gasteiger partial charge in [0.15, 0.2) is 0 Å². The van der Waals surface area contributed by atoms with Crippen LogP contribution in [0.1, 0.15) is 44.9 Å². The van der Waals surface area contributed by atoms with Crippen LogP contribution in [0.5, 0.6) is 0 Å². The Morgan fingerprint density at radius 1 is 1.00 bits per heavy atom. The molecule has 3 nitrogen and oxygen atoms in total. The third-order valence-electron chi connectivity index (χ3n) is 3.65. The average Bonchev–Trinajstić information content (AvgIpc) is 2.31. The number of nitrogens with two attached hydrogens (primary N) is 1. The van der Waals surface area contributed by atoms with E-state index in [0.29, 0.717) is 0 Å². The highest BCUT2D eigenvalue weighted by Gasteiger charge is 2.19. The van der Waals surface area contributed by atoms with E-state index in [0.717, 1.165) is 24.2 Å². The minimum atomic E-state index is 0.168. The number of amides is 1. The minimum absolute atomic E-state index is 0.168. The summed E-state index contributed by atoms with van der Waals surface area (Å²) in [7, 11) is 0. The maximum Gasteiger partial charge on any atom is 0.227 e. The molecule has 0 radical (unpaired) electrons. The third kappa shape index (κ3) is 3.76. The third-order valence-corrected chi connectivity index (χ3v) is 3.65. The average molecular weight is 246 g/mol. The molecule has 1 saturated carbocycles. The molecule has 0 aromatic heterocycles. The van der Waals surface area contributed by atoms with Gasteiger partial charge in [0.25, 0.3) is 0 Å². The molecule has 1 aliphatic carbocycles. The minimum Gasteiger partial charge on any atom is -0.399 e. The van der Waals surface area contributed by atoms with Gasteiger partial charge in [-0.05, 0) is 37.1 Å². The van der Waals surface area contributed by atoms with Crippen molar-refractivity contribution in [2.45, 2.75) is 44.9 Å². The summed E-state index contributed by atoms with van der Waals surface area (Å²) < 4.78 is 0. The Kier molecular flexibility index (Phi) is 4.62. The lowest BCUT2D eigenvalue weighted by molar-refractivity contribution is -0.120. The zero-order valence-electron chi connectivity index (χ0n) is 10.8. The molecule has 1 amide bonds. The van der Waals surface area contributed by atoms with Crippen molar-refractivity contribution < 1.29 is 4.79 Å². The Bertz CT molecular complexity index is 378. The smallest absolute Gasteiger partial charge is 0.227 e. The van der Waals surface area contributed by atoms with Crippen molar-refractivity contribution in [3.05, 3.63) is 24.3 Å². The van der Waals surface area contributed by atoms with Gasteiger partial charge in [-0.3, -0.25) is 4.79 Å². The first kappa shape index (κ1) is 12.9. The molecule has 2 rings (SSSR count). The normalized spacial score (nSPS) is 17.8. The zero-order valence-corrected chi connectivity index (χ0v) is 10.8. The van der Waals surface area contributed by atoms with Crippen molar-refractivity contribution in [1.29, 1.82) is 0 Å². The van der Waals surface area contributed by atoms with Gasteiger partial charge in [0.05, 0.1) is 0 Å². The number of nitrogen functional groups attached to an aromatic ring is 1. The van der Waals surface area contributed by atoms with E-state index in [-0.39, 0.29) is 11.8 Å². The molecule has 0 atom stereocenters. The first-order chi connectivity index (χ1) is 8.75. The van der Waals surface area contributed by atoms with Crippen LogP contribution in [0.4, 0.5) is 11.4 Å². The molecule has 18 heavy (non-hydrogen) atoms. The summed E-state index contributed by atoms with van der Waals surface area (Å²) in [4.78, 5) is 12.2. The maximum atomic E-state index is 12.2. The van der Waals surface area contributed by atoms with Crippen molar-refractivity contribution in [3.63, 3.8) is 0 Å². The van der Waals surface area contributed by atoms with Gasteiger partial charge in [0.2, 0.25) is 5.91 Å². The molecule has 98 valence electrons. The summed E-state index contributed by atoms with van der Waals surface area (Å²) in [5.41, 5.74) is 7.19. The number of hydrogen-bond donors (Lipinski definition) is 2. The van der Waals surface area contributed by atoms with Crippen molar-refractivity contribution in [2.24, 2.45) is 5.92 Å². The highest BCUT2D eigenvalue weighted by Crippen LogP contribution is 2.23. The van der Waals surface area contributed by atoms with Gasteiger partial charge in [-0.25, -0.2) is 0 Å². The van der Waals surface area contributed by atoms with E-state index in [9.17, 15) is 4.79 Å². The number of anilines is 2. The maximum absolute atomic E-state index is 12.2. The molecule has 0 spiro atoms. The summed E-state index contributed by atoms with van der Waals surface area (Å²) in [6.45, 7) is 0. The molecule has 1 aromatic carbocycles. The second-order valence-electron chi connectivity index (χ2n) is 5.15. The summed E-state index contributed by atoms with van der Waals surface area (Å²) in [6, 6.07) is 7.34. The van der Waals surface area contributed by atoms with Crippen LogP contribution in [0, 0.1) is 5.92 Å². The molecule has 0 unspecified atom stereocenters. The molecule has 0 saturated heterocycles. The van der Waals surface area contributed by atoms with Gasteiger partial charge in [-0.15, -0.1) is 0 Å².